The lowest BCUT2D eigenvalue weighted by Crippen LogP contribution is -2.16. The number of rotatable bonds is 3. The lowest BCUT2D eigenvalue weighted by Gasteiger charge is -2.17. The molecule has 0 N–H and O–H groups in total. The van der Waals surface area contributed by atoms with E-state index in [-0.39, 0.29) is 18.2 Å². The average Bonchev–Trinajstić information content (AvgIpc) is 3.02. The second-order valence-corrected chi connectivity index (χ2v) is 5.88. The molecule has 0 aromatic carbocycles. The van der Waals surface area contributed by atoms with Crippen LogP contribution in [0, 0.1) is 28.9 Å². The zero-order valence-electron chi connectivity index (χ0n) is 13.1. The van der Waals surface area contributed by atoms with Crippen molar-refractivity contribution in [2.24, 2.45) is 11.8 Å². The van der Waals surface area contributed by atoms with Gasteiger partial charge in [-0.2, -0.15) is 0 Å². The van der Waals surface area contributed by atoms with Crippen molar-refractivity contribution in [1.82, 2.24) is 19.5 Å². The third kappa shape index (κ3) is 2.14. The number of aromatic nitrogens is 4. The highest BCUT2D eigenvalue weighted by Gasteiger charge is 2.40. The van der Waals surface area contributed by atoms with Gasteiger partial charge in [0.15, 0.2) is 5.52 Å². The fourth-order valence-electron chi connectivity index (χ4n) is 3.12. The summed E-state index contributed by atoms with van der Waals surface area (Å²) < 4.78 is 7.92. The molecule has 1 saturated heterocycles. The van der Waals surface area contributed by atoms with Gasteiger partial charge in [-0.05, 0) is 29.2 Å². The molecule has 0 bridgehead atoms. The molecule has 0 saturated carbocycles. The van der Waals surface area contributed by atoms with Crippen molar-refractivity contribution in [2.75, 3.05) is 0 Å². The maximum atomic E-state index is 11.0. The highest BCUT2D eigenvalue weighted by Crippen LogP contribution is 2.41. The van der Waals surface area contributed by atoms with E-state index in [0.29, 0.717) is 22.8 Å². The van der Waals surface area contributed by atoms with Gasteiger partial charge in [-0.3, -0.25) is 4.57 Å². The Bertz CT molecular complexity index is 729. The number of hydrogen-bond acceptors (Lipinski definition) is 6. The van der Waals surface area contributed by atoms with Gasteiger partial charge in [0.05, 0.1) is 6.10 Å². The molecule has 0 radical (unpaired) electrons. The molecule has 3 rings (SSSR count). The van der Waals surface area contributed by atoms with Gasteiger partial charge in [0.1, 0.15) is 18.2 Å². The first-order chi connectivity index (χ1) is 10.4. The number of ether oxygens (including phenoxy) is 1. The van der Waals surface area contributed by atoms with Crippen molar-refractivity contribution in [3.05, 3.63) is 22.1 Å². The predicted molar refractivity (Wildman–Crippen MR) is 79.2 cm³/mol. The van der Waals surface area contributed by atoms with Crippen LogP contribution in [0.4, 0.5) is 5.95 Å². The summed E-state index contributed by atoms with van der Waals surface area (Å²) >= 11 is 0. The number of hydrogen-bond donors (Lipinski definition) is 0. The number of fused-ring (bicyclic) bond motifs is 1. The molecule has 3 heterocycles. The zero-order chi connectivity index (χ0) is 16.0. The highest BCUT2D eigenvalue weighted by atomic mass is 16.6. The van der Waals surface area contributed by atoms with E-state index < -0.39 is 10.9 Å². The van der Waals surface area contributed by atoms with Crippen molar-refractivity contribution in [3.8, 4) is 0 Å². The van der Waals surface area contributed by atoms with Gasteiger partial charge in [-0.15, -0.1) is 0 Å². The van der Waals surface area contributed by atoms with Gasteiger partial charge in [0.2, 0.25) is 5.65 Å². The molecule has 22 heavy (non-hydrogen) atoms. The summed E-state index contributed by atoms with van der Waals surface area (Å²) in [6.07, 6.45) is 2.54. The third-order valence-electron chi connectivity index (χ3n) is 4.60. The number of nitrogens with zero attached hydrogens (tertiary/aromatic N) is 5. The van der Waals surface area contributed by atoms with Crippen LogP contribution < -0.4 is 0 Å². The van der Waals surface area contributed by atoms with Gasteiger partial charge in [0.25, 0.3) is 0 Å². The molecule has 0 spiro atoms. The normalized spacial score (nSPS) is 28.4. The summed E-state index contributed by atoms with van der Waals surface area (Å²) in [6.45, 7) is 8.09. The van der Waals surface area contributed by atoms with E-state index in [1.165, 1.54) is 0 Å². The molecular weight excluding hydrogens is 286 g/mol. The standard InChI is InChI=1S/C14H19N5O3/c1-5-10-7(2)8(3)13(22-10)18-6-15-11-9(4)16-14(19(20)21)17-12(11)18/h6-8,10,13H,5H2,1-4H3/t7-,8+,10+,13+/m0/s1. The monoisotopic (exact) mass is 305 g/mol. The van der Waals surface area contributed by atoms with E-state index in [9.17, 15) is 10.1 Å². The quantitative estimate of drug-likeness (QED) is 0.639. The highest BCUT2D eigenvalue weighted by molar-refractivity contribution is 5.74. The van der Waals surface area contributed by atoms with Gasteiger partial charge in [0, 0.05) is 5.92 Å². The number of aryl methyl sites for hydroxylation is 1. The van der Waals surface area contributed by atoms with Crippen molar-refractivity contribution < 1.29 is 9.66 Å². The summed E-state index contributed by atoms with van der Waals surface area (Å²) in [5.74, 6) is 0.277. The third-order valence-corrected chi connectivity index (χ3v) is 4.60. The summed E-state index contributed by atoms with van der Waals surface area (Å²) in [6, 6.07) is 0. The fraction of sp³-hybridized carbons (Fsp3) is 0.643. The van der Waals surface area contributed by atoms with Gasteiger partial charge in [-0.1, -0.05) is 25.8 Å². The summed E-state index contributed by atoms with van der Waals surface area (Å²) in [5.41, 5.74) is 1.54. The van der Waals surface area contributed by atoms with Crippen molar-refractivity contribution in [3.63, 3.8) is 0 Å². The van der Waals surface area contributed by atoms with E-state index >= 15 is 0 Å². The Morgan fingerprint density at radius 2 is 2.09 bits per heavy atom. The van der Waals surface area contributed by atoms with Gasteiger partial charge < -0.3 is 14.9 Å². The summed E-state index contributed by atoms with van der Waals surface area (Å²) in [4.78, 5) is 22.7. The van der Waals surface area contributed by atoms with E-state index in [0.717, 1.165) is 6.42 Å². The van der Waals surface area contributed by atoms with Gasteiger partial charge >= 0.3 is 5.95 Å². The van der Waals surface area contributed by atoms with E-state index in [1.807, 2.05) is 0 Å². The first-order valence-electron chi connectivity index (χ1n) is 7.45. The molecule has 1 aliphatic rings. The first-order valence-corrected chi connectivity index (χ1v) is 7.45. The largest absolute Gasteiger partial charge is 0.471 e. The van der Waals surface area contributed by atoms with E-state index in [1.54, 1.807) is 17.8 Å². The van der Waals surface area contributed by atoms with E-state index in [4.69, 9.17) is 4.74 Å². The number of imidazole rings is 1. The molecule has 0 aliphatic carbocycles. The Balaban J connectivity index is 2.10. The minimum atomic E-state index is -0.583. The van der Waals surface area contributed by atoms with Crippen molar-refractivity contribution >= 4 is 17.1 Å². The molecule has 1 aliphatic heterocycles. The second kappa shape index (κ2) is 5.28. The molecule has 1 fully saturated rings. The van der Waals surface area contributed by atoms with Gasteiger partial charge in [-0.25, -0.2) is 4.98 Å². The lowest BCUT2D eigenvalue weighted by atomic mass is 9.91. The Kier molecular flexibility index (Phi) is 3.56. The van der Waals surface area contributed by atoms with Crippen LogP contribution in [-0.2, 0) is 4.74 Å². The molecule has 0 unspecified atom stereocenters. The Morgan fingerprint density at radius 1 is 1.36 bits per heavy atom. The average molecular weight is 305 g/mol. The molecule has 2 aromatic heterocycles. The van der Waals surface area contributed by atoms with Crippen LogP contribution in [0.25, 0.3) is 11.2 Å². The van der Waals surface area contributed by atoms with Crippen molar-refractivity contribution in [1.29, 1.82) is 0 Å². The van der Waals surface area contributed by atoms with Crippen LogP contribution in [-0.4, -0.2) is 30.5 Å². The number of nitro groups is 1. The predicted octanol–water partition coefficient (Wildman–Crippen LogP) is 2.62. The van der Waals surface area contributed by atoms with Crippen LogP contribution in [0.2, 0.25) is 0 Å². The molecule has 8 nitrogen and oxygen atoms in total. The molecule has 118 valence electrons. The van der Waals surface area contributed by atoms with Crippen LogP contribution in [0.3, 0.4) is 0 Å². The molecule has 8 heteroatoms. The minimum absolute atomic E-state index is 0.176. The maximum Gasteiger partial charge on any atom is 0.471 e. The summed E-state index contributed by atoms with van der Waals surface area (Å²) in [5, 5.41) is 11.0. The lowest BCUT2D eigenvalue weighted by molar-refractivity contribution is -0.394. The summed E-state index contributed by atoms with van der Waals surface area (Å²) in [7, 11) is 0. The minimum Gasteiger partial charge on any atom is -0.390 e. The smallest absolute Gasteiger partial charge is 0.390 e. The van der Waals surface area contributed by atoms with E-state index in [2.05, 4.69) is 35.7 Å². The molecular formula is C14H19N5O3. The second-order valence-electron chi connectivity index (χ2n) is 5.88. The maximum absolute atomic E-state index is 11.0. The molecule has 2 aromatic rings. The Hall–Kier alpha value is -2.09. The van der Waals surface area contributed by atoms with Crippen LogP contribution in [0.5, 0.6) is 0 Å². The van der Waals surface area contributed by atoms with Crippen LogP contribution in [0.1, 0.15) is 39.1 Å². The van der Waals surface area contributed by atoms with Crippen LogP contribution in [0.15, 0.2) is 6.33 Å². The first kappa shape index (κ1) is 14.8. The fourth-order valence-corrected chi connectivity index (χ4v) is 3.12. The molecule has 0 amide bonds. The Labute approximate surface area is 127 Å². The van der Waals surface area contributed by atoms with Crippen LogP contribution >= 0.6 is 0 Å². The zero-order valence-corrected chi connectivity index (χ0v) is 13.1. The van der Waals surface area contributed by atoms with Crippen molar-refractivity contribution in [2.45, 2.75) is 46.4 Å². The molecule has 4 atom stereocenters. The topological polar surface area (TPSA) is 96.0 Å². The SMILES string of the molecule is CC[C@H]1O[C@@H](n2cnc3c(C)nc([N+](=O)[O-])nc32)[C@H](C)[C@@H]1C. The Morgan fingerprint density at radius 3 is 2.68 bits per heavy atom.